The van der Waals surface area contributed by atoms with E-state index in [1.165, 1.54) is 29.2 Å². The molecule has 2 aromatic carbocycles. The number of nitrogens with one attached hydrogen (secondary N) is 1. The minimum absolute atomic E-state index is 0.0516. The van der Waals surface area contributed by atoms with Crippen molar-refractivity contribution in [3.63, 3.8) is 0 Å². The molecule has 0 saturated carbocycles. The highest BCUT2D eigenvalue weighted by molar-refractivity contribution is 6.32. The molecule has 0 spiro atoms. The molecule has 0 bridgehead atoms. The van der Waals surface area contributed by atoms with E-state index in [4.69, 9.17) is 21.1 Å². The average molecular weight is 660 g/mol. The predicted octanol–water partition coefficient (Wildman–Crippen LogP) is 4.50. The van der Waals surface area contributed by atoms with Crippen molar-refractivity contribution < 1.29 is 33.8 Å². The molecule has 4 rings (SSSR count). The third-order valence-corrected chi connectivity index (χ3v) is 7.70. The molecular weight excluding hydrogens is 626 g/mol. The van der Waals surface area contributed by atoms with Gasteiger partial charge in [-0.05, 0) is 79.1 Å². The van der Waals surface area contributed by atoms with E-state index < -0.39 is 24.1 Å². The summed E-state index contributed by atoms with van der Waals surface area (Å²) in [6.07, 6.45) is 2.49. The van der Waals surface area contributed by atoms with E-state index in [2.05, 4.69) is 38.5 Å². The highest BCUT2D eigenvalue weighted by atomic mass is 35.5. The van der Waals surface area contributed by atoms with E-state index in [1.807, 2.05) is 29.2 Å². The van der Waals surface area contributed by atoms with Gasteiger partial charge in [-0.3, -0.25) is 9.59 Å². The van der Waals surface area contributed by atoms with Crippen LogP contribution in [-0.2, 0) is 31.9 Å². The molecule has 2 aromatic rings. The Labute approximate surface area is 277 Å². The number of halogens is 1. The highest BCUT2D eigenvalue weighted by Gasteiger charge is 2.33. The number of aliphatic imine (C=N–C) groups is 2. The quantitative estimate of drug-likeness (QED) is 0.174. The molecule has 2 aliphatic heterocycles. The highest BCUT2D eigenvalue weighted by Crippen LogP contribution is 2.26. The van der Waals surface area contributed by atoms with Gasteiger partial charge in [0.05, 0.1) is 11.6 Å². The third-order valence-electron chi connectivity index (χ3n) is 7.39. The number of ether oxygens (including phenoxy) is 2. The molecule has 244 valence electrons. The maximum Gasteiger partial charge on any atom is 0.410 e. The van der Waals surface area contributed by atoms with Gasteiger partial charge < -0.3 is 29.7 Å². The lowest BCUT2D eigenvalue weighted by molar-refractivity contribution is -0.141. The number of benzene rings is 2. The number of phenols is 1. The number of fused-ring (bicyclic) bond motifs is 1. The number of aromatic hydroxyl groups is 1. The normalized spacial score (nSPS) is 14.7. The second kappa shape index (κ2) is 17.4. The van der Waals surface area contributed by atoms with E-state index >= 15 is 0 Å². The number of carbonyl (C=O) groups excluding carboxylic acids is 4. The summed E-state index contributed by atoms with van der Waals surface area (Å²) in [5.41, 5.74) is 7.53. The first-order valence-electron chi connectivity index (χ1n) is 15.1. The zero-order valence-corrected chi connectivity index (χ0v) is 26.5. The molecule has 2 aliphatic rings. The molecule has 1 saturated heterocycles. The van der Waals surface area contributed by atoms with Crippen molar-refractivity contribution in [1.82, 2.24) is 9.80 Å². The first kappa shape index (κ1) is 34.5. The first-order valence-corrected chi connectivity index (χ1v) is 15.4. The van der Waals surface area contributed by atoms with E-state index in [-0.39, 0.29) is 42.4 Å². The lowest BCUT2D eigenvalue weighted by Crippen LogP contribution is -2.50. The zero-order chi connectivity index (χ0) is 33.6. The number of likely N-dealkylation sites (tertiary alicyclic amines) is 1. The van der Waals surface area contributed by atoms with Gasteiger partial charge in [0.15, 0.2) is 6.10 Å². The standard InChI is InChI=1S/C34H34ClN5O7/c1-2-46-31(42)23-36-16-7-3-4-8-17-37-32(43)30(22-24-11-12-29(41)27(35)21-24)47-34(45)39-18-14-26(15-19-39)40-20-13-25-9-5-6-10-28(25)38-33(40)44/h3-6,9-12,21,26,30,41H,2,13-15,18-20,22-23H2,1H3,(H,38,44)/t30-/m1/s1. The van der Waals surface area contributed by atoms with Crippen LogP contribution in [0.25, 0.3) is 0 Å². The summed E-state index contributed by atoms with van der Waals surface area (Å²) >= 11 is 6.04. The Hall–Kier alpha value is -5.33. The van der Waals surface area contributed by atoms with Crippen molar-refractivity contribution in [1.29, 1.82) is 0 Å². The molecule has 0 aliphatic carbocycles. The van der Waals surface area contributed by atoms with E-state index in [0.717, 1.165) is 17.7 Å². The van der Waals surface area contributed by atoms with Crippen molar-refractivity contribution in [3.05, 3.63) is 82.2 Å². The number of carbonyl (C=O) groups is 4. The van der Waals surface area contributed by atoms with Crippen LogP contribution >= 0.6 is 11.6 Å². The summed E-state index contributed by atoms with van der Waals surface area (Å²) in [5, 5.41) is 12.8. The van der Waals surface area contributed by atoms with Gasteiger partial charge in [0, 0.05) is 49.5 Å². The predicted molar refractivity (Wildman–Crippen MR) is 175 cm³/mol. The van der Waals surface area contributed by atoms with E-state index in [9.17, 15) is 24.3 Å². The van der Waals surface area contributed by atoms with Crippen LogP contribution in [0.1, 0.15) is 30.9 Å². The number of hydrogen-bond acceptors (Lipinski definition) is 8. The van der Waals surface area contributed by atoms with Gasteiger partial charge in [0.25, 0.3) is 5.91 Å². The van der Waals surface area contributed by atoms with Gasteiger partial charge in [-0.2, -0.15) is 4.99 Å². The number of anilines is 1. The van der Waals surface area contributed by atoms with Crippen LogP contribution in [0, 0.1) is 0 Å². The molecule has 12 nitrogen and oxygen atoms in total. The summed E-state index contributed by atoms with van der Waals surface area (Å²) in [5.74, 6) is 3.39. The first-order chi connectivity index (χ1) is 22.7. The number of amides is 4. The van der Waals surface area contributed by atoms with Gasteiger partial charge in [-0.25, -0.2) is 14.6 Å². The lowest BCUT2D eigenvalue weighted by atomic mass is 10.0. The van der Waals surface area contributed by atoms with Gasteiger partial charge >= 0.3 is 18.1 Å². The summed E-state index contributed by atoms with van der Waals surface area (Å²) in [6, 6.07) is 11.9. The lowest BCUT2D eigenvalue weighted by Gasteiger charge is -2.37. The van der Waals surface area contributed by atoms with Crippen molar-refractivity contribution in [2.24, 2.45) is 9.98 Å². The minimum atomic E-state index is -1.31. The molecule has 1 fully saturated rings. The number of phenolic OH excluding ortho intramolecular Hbond substituents is 1. The molecular formula is C34H34ClN5O7. The van der Waals surface area contributed by atoms with Crippen LogP contribution in [0.5, 0.6) is 5.75 Å². The molecule has 2 N–H and O–H groups in total. The average Bonchev–Trinajstić information content (AvgIpc) is 3.23. The second-order valence-corrected chi connectivity index (χ2v) is 10.9. The summed E-state index contributed by atoms with van der Waals surface area (Å²) < 4.78 is 10.4. The number of piperidine rings is 1. The largest absolute Gasteiger partial charge is 0.506 e. The van der Waals surface area contributed by atoms with E-state index in [0.29, 0.717) is 38.0 Å². The topological polar surface area (TPSA) is 150 Å². The summed E-state index contributed by atoms with van der Waals surface area (Å²) in [6.45, 7) is 3.01. The Morgan fingerprint density at radius 3 is 2.60 bits per heavy atom. The molecule has 1 atom stereocenters. The van der Waals surface area contributed by atoms with Crippen LogP contribution < -0.4 is 5.32 Å². The number of rotatable bonds is 9. The fourth-order valence-corrected chi connectivity index (χ4v) is 5.24. The van der Waals surface area contributed by atoms with Crippen LogP contribution in [-0.4, -0.2) is 95.6 Å². The monoisotopic (exact) mass is 659 g/mol. The number of esters is 1. The molecule has 47 heavy (non-hydrogen) atoms. The SMILES string of the molecule is CCOC(=O)CN=C=C=CC=C=C=NC(=O)[C@@H](Cc1ccc(O)c(Cl)c1)OC(=O)N1CCC(N2CCc3ccccc3NC2=O)CC1. The fourth-order valence-electron chi connectivity index (χ4n) is 5.04. The zero-order valence-electron chi connectivity index (χ0n) is 25.8. The Morgan fingerprint density at radius 2 is 1.85 bits per heavy atom. The molecule has 0 radical (unpaired) electrons. The Kier molecular flexibility index (Phi) is 12.8. The van der Waals surface area contributed by atoms with Gasteiger partial charge in [-0.15, -0.1) is 0 Å². The summed E-state index contributed by atoms with van der Waals surface area (Å²) in [7, 11) is 0. The molecule has 4 amide bonds. The van der Waals surface area contributed by atoms with Crippen molar-refractivity contribution in [3.8, 4) is 5.75 Å². The molecule has 2 heterocycles. The van der Waals surface area contributed by atoms with Gasteiger partial charge in [0.1, 0.15) is 12.3 Å². The fraction of sp³-hybridized carbons (Fsp3) is 0.353. The van der Waals surface area contributed by atoms with Gasteiger partial charge in [-0.1, -0.05) is 35.9 Å². The molecule has 13 heteroatoms. The minimum Gasteiger partial charge on any atom is -0.506 e. The van der Waals surface area contributed by atoms with E-state index in [1.54, 1.807) is 13.0 Å². The maximum atomic E-state index is 13.2. The Morgan fingerprint density at radius 1 is 1.11 bits per heavy atom. The van der Waals surface area contributed by atoms with Crippen LogP contribution in [0.15, 0.2) is 76.1 Å². The smallest absolute Gasteiger partial charge is 0.410 e. The molecule has 0 aromatic heterocycles. The maximum absolute atomic E-state index is 13.2. The van der Waals surface area contributed by atoms with Crippen LogP contribution in [0.4, 0.5) is 15.3 Å². The van der Waals surface area contributed by atoms with Crippen molar-refractivity contribution in [2.75, 3.05) is 38.1 Å². The van der Waals surface area contributed by atoms with Crippen LogP contribution in [0.3, 0.4) is 0 Å². The number of hydrogen-bond donors (Lipinski definition) is 2. The number of urea groups is 1. The number of para-hydroxylation sites is 1. The second-order valence-electron chi connectivity index (χ2n) is 10.5. The number of nitrogens with zero attached hydrogens (tertiary/aromatic N) is 4. The third kappa shape index (κ3) is 10.3. The number of allylic oxidation sites excluding steroid dienone is 2. The summed E-state index contributed by atoms with van der Waals surface area (Å²) in [4.78, 5) is 61.2. The van der Waals surface area contributed by atoms with Gasteiger partial charge in [0.2, 0.25) is 0 Å². The van der Waals surface area contributed by atoms with Crippen molar-refractivity contribution >= 4 is 53.0 Å². The Bertz CT molecular complexity index is 1690. The molecule has 0 unspecified atom stereocenters. The van der Waals surface area contributed by atoms with Crippen molar-refractivity contribution in [2.45, 2.75) is 44.8 Å². The Balaban J connectivity index is 1.38. The van der Waals surface area contributed by atoms with Crippen LogP contribution in [0.2, 0.25) is 5.02 Å².